The van der Waals surface area contributed by atoms with E-state index in [9.17, 15) is 0 Å². The fourth-order valence-electron chi connectivity index (χ4n) is 2.82. The van der Waals surface area contributed by atoms with Crippen molar-refractivity contribution < 1.29 is 4.74 Å². The average Bonchev–Trinajstić information content (AvgIpc) is 3.00. The SMILES string of the molecule is CCNC(c1ccc2c(c1)CC(C)O2)c1ccc(C)s1. The first-order chi connectivity index (χ1) is 9.67. The highest BCUT2D eigenvalue weighted by atomic mass is 32.1. The largest absolute Gasteiger partial charge is 0.490 e. The molecule has 1 aromatic carbocycles. The molecular weight excluding hydrogens is 266 g/mol. The highest BCUT2D eigenvalue weighted by Crippen LogP contribution is 2.34. The van der Waals surface area contributed by atoms with Crippen molar-refractivity contribution in [3.63, 3.8) is 0 Å². The highest BCUT2D eigenvalue weighted by Gasteiger charge is 2.22. The maximum Gasteiger partial charge on any atom is 0.123 e. The average molecular weight is 287 g/mol. The number of hydrogen-bond acceptors (Lipinski definition) is 3. The van der Waals surface area contributed by atoms with Gasteiger partial charge in [0, 0.05) is 16.2 Å². The van der Waals surface area contributed by atoms with Gasteiger partial charge in [-0.15, -0.1) is 11.3 Å². The number of aryl methyl sites for hydroxylation is 1. The van der Waals surface area contributed by atoms with Gasteiger partial charge in [0.2, 0.25) is 0 Å². The Balaban J connectivity index is 1.94. The summed E-state index contributed by atoms with van der Waals surface area (Å²) in [5.74, 6) is 1.05. The van der Waals surface area contributed by atoms with Gasteiger partial charge in [-0.25, -0.2) is 0 Å². The third-order valence-corrected chi connectivity index (χ3v) is 4.77. The summed E-state index contributed by atoms with van der Waals surface area (Å²) in [7, 11) is 0. The molecule has 106 valence electrons. The van der Waals surface area contributed by atoms with Crippen LogP contribution in [0.4, 0.5) is 0 Å². The third kappa shape index (κ3) is 2.60. The van der Waals surface area contributed by atoms with Crippen LogP contribution in [0.15, 0.2) is 30.3 Å². The van der Waals surface area contributed by atoms with Gasteiger partial charge in [-0.1, -0.05) is 19.1 Å². The quantitative estimate of drug-likeness (QED) is 0.915. The van der Waals surface area contributed by atoms with Gasteiger partial charge in [-0.05, 0) is 49.7 Å². The maximum atomic E-state index is 5.79. The smallest absolute Gasteiger partial charge is 0.123 e. The van der Waals surface area contributed by atoms with Gasteiger partial charge in [0.1, 0.15) is 11.9 Å². The van der Waals surface area contributed by atoms with Gasteiger partial charge < -0.3 is 10.1 Å². The molecule has 2 nitrogen and oxygen atoms in total. The van der Waals surface area contributed by atoms with Crippen molar-refractivity contribution in [1.29, 1.82) is 0 Å². The standard InChI is InChI=1S/C17H21NOS/c1-4-18-17(16-8-5-12(3)20-16)13-6-7-15-14(10-13)9-11(2)19-15/h5-8,10-11,17-18H,4,9H2,1-3H3. The normalized spacial score (nSPS) is 18.6. The molecule has 2 atom stereocenters. The molecule has 1 aromatic heterocycles. The summed E-state index contributed by atoms with van der Waals surface area (Å²) in [6, 6.07) is 11.3. The van der Waals surface area contributed by atoms with E-state index in [1.165, 1.54) is 20.9 Å². The van der Waals surface area contributed by atoms with E-state index in [-0.39, 0.29) is 0 Å². The zero-order chi connectivity index (χ0) is 14.1. The molecule has 1 aliphatic rings. The Morgan fingerprint density at radius 1 is 1.35 bits per heavy atom. The van der Waals surface area contributed by atoms with Crippen LogP contribution in [-0.4, -0.2) is 12.6 Å². The Morgan fingerprint density at radius 2 is 2.20 bits per heavy atom. The lowest BCUT2D eigenvalue weighted by Crippen LogP contribution is -2.21. The molecule has 0 radical (unpaired) electrons. The van der Waals surface area contributed by atoms with Crippen molar-refractivity contribution in [2.45, 2.75) is 39.3 Å². The van der Waals surface area contributed by atoms with Gasteiger partial charge in [-0.2, -0.15) is 0 Å². The molecule has 0 saturated carbocycles. The molecule has 0 saturated heterocycles. The molecule has 1 N–H and O–H groups in total. The summed E-state index contributed by atoms with van der Waals surface area (Å²) >= 11 is 1.87. The van der Waals surface area contributed by atoms with Crippen molar-refractivity contribution >= 4 is 11.3 Å². The van der Waals surface area contributed by atoms with Gasteiger partial charge in [-0.3, -0.25) is 0 Å². The predicted octanol–water partition coefficient (Wildman–Crippen LogP) is 4.08. The Bertz CT molecular complexity index is 605. The number of thiophene rings is 1. The molecule has 20 heavy (non-hydrogen) atoms. The van der Waals surface area contributed by atoms with Crippen LogP contribution in [0.25, 0.3) is 0 Å². The van der Waals surface area contributed by atoms with E-state index >= 15 is 0 Å². The number of rotatable bonds is 4. The third-order valence-electron chi connectivity index (χ3n) is 3.71. The van der Waals surface area contributed by atoms with E-state index < -0.39 is 0 Å². The molecular formula is C17H21NOS. The number of nitrogens with one attached hydrogen (secondary N) is 1. The highest BCUT2D eigenvalue weighted by molar-refractivity contribution is 7.12. The molecule has 0 amide bonds. The first-order valence-corrected chi connectivity index (χ1v) is 8.08. The molecule has 3 rings (SSSR count). The first kappa shape index (κ1) is 13.7. The van der Waals surface area contributed by atoms with Crippen LogP contribution >= 0.6 is 11.3 Å². The lowest BCUT2D eigenvalue weighted by atomic mass is 10.0. The van der Waals surface area contributed by atoms with E-state index in [1.54, 1.807) is 0 Å². The van der Waals surface area contributed by atoms with Crippen LogP contribution in [-0.2, 0) is 6.42 Å². The van der Waals surface area contributed by atoms with E-state index in [4.69, 9.17) is 4.74 Å². The van der Waals surface area contributed by atoms with Gasteiger partial charge in [0.25, 0.3) is 0 Å². The molecule has 1 aliphatic heterocycles. The van der Waals surface area contributed by atoms with Crippen molar-refractivity contribution in [1.82, 2.24) is 5.32 Å². The molecule has 2 aromatic rings. The molecule has 0 spiro atoms. The minimum Gasteiger partial charge on any atom is -0.490 e. The van der Waals surface area contributed by atoms with Crippen molar-refractivity contribution in [2.75, 3.05) is 6.54 Å². The fourth-order valence-corrected chi connectivity index (χ4v) is 3.80. The Kier molecular flexibility index (Phi) is 3.81. The summed E-state index contributed by atoms with van der Waals surface area (Å²) in [4.78, 5) is 2.75. The second-order valence-electron chi connectivity index (χ2n) is 5.44. The second-order valence-corrected chi connectivity index (χ2v) is 6.76. The van der Waals surface area contributed by atoms with Crippen LogP contribution in [0.1, 0.15) is 40.8 Å². The minimum absolute atomic E-state index is 0.292. The van der Waals surface area contributed by atoms with Gasteiger partial charge in [0.15, 0.2) is 0 Å². The second kappa shape index (κ2) is 5.58. The van der Waals surface area contributed by atoms with Crippen LogP contribution < -0.4 is 10.1 Å². The maximum absolute atomic E-state index is 5.79. The van der Waals surface area contributed by atoms with Gasteiger partial charge in [0.05, 0.1) is 6.04 Å². The fraction of sp³-hybridized carbons (Fsp3) is 0.412. The Morgan fingerprint density at radius 3 is 2.90 bits per heavy atom. The number of hydrogen-bond donors (Lipinski definition) is 1. The van der Waals surface area contributed by atoms with Crippen LogP contribution in [0.5, 0.6) is 5.75 Å². The molecule has 2 heterocycles. The monoisotopic (exact) mass is 287 g/mol. The summed E-state index contributed by atoms with van der Waals surface area (Å²) in [6.07, 6.45) is 1.33. The molecule has 0 bridgehead atoms. The zero-order valence-corrected chi connectivity index (χ0v) is 13.1. The molecule has 2 unspecified atom stereocenters. The van der Waals surface area contributed by atoms with Crippen molar-refractivity contribution in [3.8, 4) is 5.75 Å². The van der Waals surface area contributed by atoms with Crippen LogP contribution in [0.3, 0.4) is 0 Å². The van der Waals surface area contributed by atoms with Gasteiger partial charge >= 0.3 is 0 Å². The first-order valence-electron chi connectivity index (χ1n) is 7.26. The topological polar surface area (TPSA) is 21.3 Å². The summed E-state index contributed by atoms with van der Waals surface area (Å²) in [5, 5.41) is 3.60. The van der Waals surface area contributed by atoms with Crippen molar-refractivity contribution in [2.24, 2.45) is 0 Å². The predicted molar refractivity (Wildman–Crippen MR) is 84.8 cm³/mol. The van der Waals surface area contributed by atoms with Crippen LogP contribution in [0.2, 0.25) is 0 Å². The summed E-state index contributed by atoms with van der Waals surface area (Å²) in [5.41, 5.74) is 2.68. The molecule has 0 fully saturated rings. The summed E-state index contributed by atoms with van der Waals surface area (Å²) < 4.78 is 5.79. The number of ether oxygens (including phenoxy) is 1. The minimum atomic E-state index is 0.292. The molecule has 3 heteroatoms. The van der Waals surface area contributed by atoms with E-state index in [1.807, 2.05) is 11.3 Å². The lowest BCUT2D eigenvalue weighted by Gasteiger charge is -2.17. The molecule has 0 aliphatic carbocycles. The zero-order valence-electron chi connectivity index (χ0n) is 12.3. The van der Waals surface area contributed by atoms with E-state index in [0.717, 1.165) is 18.7 Å². The lowest BCUT2D eigenvalue weighted by molar-refractivity contribution is 0.254. The Hall–Kier alpha value is -1.32. The number of fused-ring (bicyclic) bond motifs is 1. The van der Waals surface area contributed by atoms with E-state index in [0.29, 0.717) is 12.1 Å². The van der Waals surface area contributed by atoms with E-state index in [2.05, 4.69) is 56.4 Å². The van der Waals surface area contributed by atoms with Crippen LogP contribution in [0, 0.1) is 6.92 Å². The van der Waals surface area contributed by atoms with Crippen molar-refractivity contribution in [3.05, 3.63) is 51.2 Å². The Labute approximate surface area is 124 Å². The summed E-state index contributed by atoms with van der Waals surface area (Å²) in [6.45, 7) is 7.41. The number of benzene rings is 1.